The van der Waals surface area contributed by atoms with E-state index in [0.29, 0.717) is 0 Å². The fourth-order valence-corrected chi connectivity index (χ4v) is 1.72. The van der Waals surface area contributed by atoms with Crippen molar-refractivity contribution in [3.05, 3.63) is 38.4 Å². The summed E-state index contributed by atoms with van der Waals surface area (Å²) in [4.78, 5) is 41.7. The van der Waals surface area contributed by atoms with Crippen LogP contribution in [0.1, 0.15) is 12.8 Å². The topological polar surface area (TPSA) is 179 Å². The SMILES string of the molecule is NC(=O)CCC(Nc1cccc([N+](=O)[O-])c1[N+](=O)[O-])C(=O)O. The van der Waals surface area contributed by atoms with Crippen molar-refractivity contribution in [3.63, 3.8) is 0 Å². The van der Waals surface area contributed by atoms with Gasteiger partial charge in [0.1, 0.15) is 11.7 Å². The monoisotopic (exact) mass is 312 g/mol. The highest BCUT2D eigenvalue weighted by atomic mass is 16.6. The van der Waals surface area contributed by atoms with Crippen molar-refractivity contribution < 1.29 is 24.5 Å². The molecule has 0 radical (unpaired) electrons. The highest BCUT2D eigenvalue weighted by Crippen LogP contribution is 2.34. The van der Waals surface area contributed by atoms with Crippen molar-refractivity contribution >= 4 is 28.9 Å². The smallest absolute Gasteiger partial charge is 0.368 e. The van der Waals surface area contributed by atoms with Gasteiger partial charge in [-0.25, -0.2) is 4.79 Å². The number of hydrogen-bond donors (Lipinski definition) is 3. The number of para-hydroxylation sites is 1. The molecule has 0 bridgehead atoms. The number of carboxylic acid groups (broad SMARTS) is 1. The van der Waals surface area contributed by atoms with Crippen molar-refractivity contribution in [2.24, 2.45) is 5.73 Å². The molecule has 1 amide bonds. The zero-order valence-corrected chi connectivity index (χ0v) is 11.1. The van der Waals surface area contributed by atoms with Gasteiger partial charge >= 0.3 is 17.3 Å². The summed E-state index contributed by atoms with van der Waals surface area (Å²) in [5, 5.41) is 33.2. The maximum atomic E-state index is 11.1. The molecule has 0 aliphatic rings. The fourth-order valence-electron chi connectivity index (χ4n) is 1.72. The Bertz CT molecular complexity index is 631. The van der Waals surface area contributed by atoms with Gasteiger partial charge in [0.15, 0.2) is 0 Å². The second kappa shape index (κ2) is 6.97. The van der Waals surface area contributed by atoms with Gasteiger partial charge in [0.25, 0.3) is 0 Å². The van der Waals surface area contributed by atoms with Gasteiger partial charge in [-0.3, -0.25) is 25.0 Å². The van der Waals surface area contributed by atoms with E-state index < -0.39 is 39.1 Å². The number of benzene rings is 1. The molecule has 0 saturated carbocycles. The Hall–Kier alpha value is -3.24. The Morgan fingerprint density at radius 2 is 1.91 bits per heavy atom. The Kier molecular flexibility index (Phi) is 5.32. The van der Waals surface area contributed by atoms with Gasteiger partial charge in [0.05, 0.1) is 9.85 Å². The minimum absolute atomic E-state index is 0.218. The van der Waals surface area contributed by atoms with Crippen LogP contribution in [0.2, 0.25) is 0 Å². The van der Waals surface area contributed by atoms with E-state index in [-0.39, 0.29) is 18.5 Å². The van der Waals surface area contributed by atoms with E-state index >= 15 is 0 Å². The zero-order valence-electron chi connectivity index (χ0n) is 11.1. The number of nitro benzene ring substituents is 2. The second-order valence-electron chi connectivity index (χ2n) is 4.23. The Balaban J connectivity index is 3.16. The van der Waals surface area contributed by atoms with Crippen molar-refractivity contribution in [1.29, 1.82) is 0 Å². The van der Waals surface area contributed by atoms with E-state index in [1.807, 2.05) is 0 Å². The molecular formula is C11H12N4O7. The number of carbonyl (C=O) groups is 2. The first-order valence-corrected chi connectivity index (χ1v) is 5.93. The molecule has 0 aliphatic carbocycles. The summed E-state index contributed by atoms with van der Waals surface area (Å²) in [5.41, 5.74) is 2.98. The number of aliphatic carboxylic acids is 1. The molecule has 0 aliphatic heterocycles. The van der Waals surface area contributed by atoms with Gasteiger partial charge in [-0.2, -0.15) is 0 Å². The number of primary amides is 1. The summed E-state index contributed by atoms with van der Waals surface area (Å²) in [5.74, 6) is -2.11. The molecular weight excluding hydrogens is 300 g/mol. The van der Waals surface area contributed by atoms with Crippen LogP contribution >= 0.6 is 0 Å². The zero-order chi connectivity index (χ0) is 16.9. The van der Waals surface area contributed by atoms with Gasteiger partial charge in [0, 0.05) is 12.5 Å². The number of amides is 1. The van der Waals surface area contributed by atoms with Crippen molar-refractivity contribution in [2.45, 2.75) is 18.9 Å². The molecule has 4 N–H and O–H groups in total. The van der Waals surface area contributed by atoms with Gasteiger partial charge < -0.3 is 16.2 Å². The number of carbonyl (C=O) groups excluding carboxylic acids is 1. The molecule has 1 rings (SSSR count). The third kappa shape index (κ3) is 4.13. The van der Waals surface area contributed by atoms with Gasteiger partial charge in [0.2, 0.25) is 5.91 Å². The molecule has 22 heavy (non-hydrogen) atoms. The molecule has 11 nitrogen and oxygen atoms in total. The number of nitrogens with zero attached hydrogens (tertiary/aromatic N) is 2. The number of hydrogen-bond acceptors (Lipinski definition) is 7. The molecule has 11 heteroatoms. The lowest BCUT2D eigenvalue weighted by Gasteiger charge is -2.14. The number of nitrogens with one attached hydrogen (secondary N) is 1. The Morgan fingerprint density at radius 1 is 1.27 bits per heavy atom. The van der Waals surface area contributed by atoms with Crippen molar-refractivity contribution in [1.82, 2.24) is 0 Å². The van der Waals surface area contributed by atoms with Crippen LogP contribution in [0, 0.1) is 20.2 Å². The number of nitro groups is 2. The normalized spacial score (nSPS) is 11.5. The van der Waals surface area contributed by atoms with Crippen LogP contribution in [0.25, 0.3) is 0 Å². The molecule has 0 spiro atoms. The molecule has 1 aromatic rings. The summed E-state index contributed by atoms with van der Waals surface area (Å²) in [6, 6.07) is 1.90. The quantitative estimate of drug-likeness (QED) is 0.461. The summed E-state index contributed by atoms with van der Waals surface area (Å²) in [6.45, 7) is 0. The van der Waals surface area contributed by atoms with E-state index in [1.54, 1.807) is 0 Å². The van der Waals surface area contributed by atoms with Crippen LogP contribution in [0.15, 0.2) is 18.2 Å². The first-order chi connectivity index (χ1) is 10.2. The summed E-state index contributed by atoms with van der Waals surface area (Å²) >= 11 is 0. The minimum atomic E-state index is -1.37. The van der Waals surface area contributed by atoms with Crippen LogP contribution in [-0.2, 0) is 9.59 Å². The van der Waals surface area contributed by atoms with E-state index in [2.05, 4.69) is 5.32 Å². The molecule has 1 atom stereocenters. The van der Waals surface area contributed by atoms with E-state index in [0.717, 1.165) is 12.1 Å². The fraction of sp³-hybridized carbons (Fsp3) is 0.273. The summed E-state index contributed by atoms with van der Waals surface area (Å²) in [6.07, 6.45) is -0.475. The van der Waals surface area contributed by atoms with E-state index in [4.69, 9.17) is 10.8 Å². The first-order valence-electron chi connectivity index (χ1n) is 5.93. The standard InChI is InChI=1S/C11H12N4O7/c12-9(16)5-4-7(11(17)18)13-6-2-1-3-8(14(19)20)10(6)15(21)22/h1-3,7,13H,4-5H2,(H2,12,16)(H,17,18). The third-order valence-corrected chi connectivity index (χ3v) is 2.70. The maximum Gasteiger partial charge on any atom is 0.368 e. The van der Waals surface area contributed by atoms with Crippen LogP contribution in [0.3, 0.4) is 0 Å². The van der Waals surface area contributed by atoms with E-state index in [1.165, 1.54) is 6.07 Å². The highest BCUT2D eigenvalue weighted by Gasteiger charge is 2.30. The molecule has 1 aromatic carbocycles. The van der Waals surface area contributed by atoms with Gasteiger partial charge in [-0.1, -0.05) is 6.07 Å². The average molecular weight is 312 g/mol. The predicted molar refractivity (Wildman–Crippen MR) is 73.2 cm³/mol. The van der Waals surface area contributed by atoms with E-state index in [9.17, 15) is 29.8 Å². The van der Waals surface area contributed by atoms with Crippen LogP contribution in [0.5, 0.6) is 0 Å². The predicted octanol–water partition coefficient (Wildman–Crippen LogP) is 0.634. The molecule has 1 unspecified atom stereocenters. The Morgan fingerprint density at radius 3 is 2.36 bits per heavy atom. The van der Waals surface area contributed by atoms with Crippen LogP contribution < -0.4 is 11.1 Å². The number of rotatable bonds is 8. The second-order valence-corrected chi connectivity index (χ2v) is 4.23. The van der Waals surface area contributed by atoms with Gasteiger partial charge in [-0.15, -0.1) is 0 Å². The van der Waals surface area contributed by atoms with Crippen molar-refractivity contribution in [2.75, 3.05) is 5.32 Å². The summed E-state index contributed by atoms with van der Waals surface area (Å²) < 4.78 is 0. The largest absolute Gasteiger partial charge is 0.480 e. The number of nitrogens with two attached hydrogens (primary N) is 1. The average Bonchev–Trinajstić information content (AvgIpc) is 2.41. The first kappa shape index (κ1) is 16.8. The number of anilines is 1. The maximum absolute atomic E-state index is 11.1. The lowest BCUT2D eigenvalue weighted by molar-refractivity contribution is -0.421. The lowest BCUT2D eigenvalue weighted by atomic mass is 10.1. The van der Waals surface area contributed by atoms with Crippen molar-refractivity contribution in [3.8, 4) is 0 Å². The minimum Gasteiger partial charge on any atom is -0.480 e. The molecule has 0 saturated heterocycles. The van der Waals surface area contributed by atoms with Crippen LogP contribution in [-0.4, -0.2) is 32.9 Å². The molecule has 0 fully saturated rings. The lowest BCUT2D eigenvalue weighted by Crippen LogP contribution is -2.31. The molecule has 118 valence electrons. The number of carboxylic acids is 1. The molecule has 0 heterocycles. The summed E-state index contributed by atoms with van der Waals surface area (Å²) in [7, 11) is 0. The van der Waals surface area contributed by atoms with Crippen LogP contribution in [0.4, 0.5) is 17.1 Å². The third-order valence-electron chi connectivity index (χ3n) is 2.70. The Labute approximate surface area is 123 Å². The van der Waals surface area contributed by atoms with Gasteiger partial charge in [-0.05, 0) is 12.5 Å². The molecule has 0 aromatic heterocycles. The highest BCUT2D eigenvalue weighted by molar-refractivity contribution is 5.82.